The third-order valence-corrected chi connectivity index (χ3v) is 28.2. The number of aromatic nitrogens is 9. The van der Waals surface area contributed by atoms with E-state index in [1.54, 1.807) is 0 Å². The van der Waals surface area contributed by atoms with Gasteiger partial charge in [0.15, 0.2) is 23.3 Å². The van der Waals surface area contributed by atoms with Gasteiger partial charge in [-0.05, 0) is 123 Å². The lowest BCUT2D eigenvalue weighted by Crippen LogP contribution is -2.37. The summed E-state index contributed by atoms with van der Waals surface area (Å²) >= 11 is 0. The van der Waals surface area contributed by atoms with Gasteiger partial charge in [-0.2, -0.15) is 20.0 Å². The molecular weight excluding hydrogens is 1830 g/mol. The molecule has 2 aliphatic heterocycles. The van der Waals surface area contributed by atoms with Crippen molar-refractivity contribution in [1.29, 1.82) is 0 Å². The topological polar surface area (TPSA) is 142 Å². The lowest BCUT2D eigenvalue weighted by molar-refractivity contribution is 0.661. The van der Waals surface area contributed by atoms with Gasteiger partial charge in [0.2, 0.25) is 17.9 Å². The van der Waals surface area contributed by atoms with Crippen molar-refractivity contribution in [2.45, 2.75) is 12.3 Å². The fourth-order valence-electron chi connectivity index (χ4n) is 21.6. The first-order chi connectivity index (χ1) is 80.7. The molecule has 2 aliphatic rings. The highest BCUT2D eigenvalue weighted by atomic mass is 15.3. The summed E-state index contributed by atoms with van der Waals surface area (Å²) in [5.41, 5.74) is 21.1. The summed E-state index contributed by atoms with van der Waals surface area (Å²) in [7, 11) is 0. The van der Waals surface area contributed by atoms with Gasteiger partial charge >= 0.3 is 0 Å². The Hall–Kier alpha value is -20.3. The first-order valence-corrected chi connectivity index (χ1v) is 49.5. The number of para-hydroxylation sites is 9. The molecule has 0 amide bonds. The van der Waals surface area contributed by atoms with Gasteiger partial charge in [-0.15, -0.1) is 0 Å². The molecule has 0 spiro atoms. The van der Waals surface area contributed by atoms with E-state index in [1.807, 2.05) is 309 Å². The number of amidine groups is 2. The summed E-state index contributed by atoms with van der Waals surface area (Å²) in [4.78, 5) is 36.4. The van der Waals surface area contributed by atoms with Gasteiger partial charge in [-0.25, -0.2) is 15.0 Å². The molecule has 0 fully saturated rings. The summed E-state index contributed by atoms with van der Waals surface area (Å²) in [6.07, 6.45) is -0.963. The molecule has 0 bridgehead atoms. The van der Waals surface area contributed by atoms with Gasteiger partial charge in [-0.3, -0.25) is 13.7 Å². The zero-order valence-corrected chi connectivity index (χ0v) is 80.0. The van der Waals surface area contributed by atoms with Crippen molar-refractivity contribution < 1.29 is 20.6 Å². The van der Waals surface area contributed by atoms with Crippen LogP contribution in [-0.2, 0) is 0 Å². The highest BCUT2D eigenvalue weighted by Crippen LogP contribution is 2.47. The van der Waals surface area contributed by atoms with E-state index in [4.69, 9.17) is 55.5 Å². The van der Waals surface area contributed by atoms with Gasteiger partial charge in [0.05, 0.1) is 86.8 Å². The predicted molar refractivity (Wildman–Crippen MR) is 620 cm³/mol. The zero-order valence-electron chi connectivity index (χ0n) is 95.0. The highest BCUT2D eigenvalue weighted by Gasteiger charge is 2.33. The number of hydrogen-bond acceptors (Lipinski definition) is 9. The summed E-state index contributed by atoms with van der Waals surface area (Å²) in [6, 6.07) is 140. The maximum Gasteiger partial charge on any atom is 0.238 e. The maximum atomic E-state index is 9.11. The molecule has 7 aromatic heterocycles. The van der Waals surface area contributed by atoms with Gasteiger partial charge in [0.1, 0.15) is 12.3 Å². The van der Waals surface area contributed by atoms with Crippen molar-refractivity contribution >= 4 is 154 Å². The van der Waals surface area contributed by atoms with E-state index in [0.29, 0.717) is 63.3 Å². The number of rotatable bonds is 13. The molecule has 2 N–H and O–H groups in total. The van der Waals surface area contributed by atoms with E-state index in [1.165, 1.54) is 0 Å². The molecule has 150 heavy (non-hydrogen) atoms. The quantitative estimate of drug-likeness (QED) is 0.118. The molecule has 706 valence electrons. The minimum Gasteiger partial charge on any atom is -0.330 e. The minimum atomic E-state index is -0.491. The molecule has 2 atom stereocenters. The number of aliphatic imine (C=N–C) groups is 4. The van der Waals surface area contributed by atoms with Crippen molar-refractivity contribution in [1.82, 2.24) is 53.0 Å². The first-order valence-electron chi connectivity index (χ1n) is 57.0. The Morgan fingerprint density at radius 3 is 0.887 bits per heavy atom. The highest BCUT2D eigenvalue weighted by molar-refractivity contribution is 6.30. The van der Waals surface area contributed by atoms with Crippen LogP contribution >= 0.6 is 0 Å². The smallest absolute Gasteiger partial charge is 0.238 e. The Balaban J connectivity index is 0.000000116. The van der Waals surface area contributed by atoms with E-state index >= 15 is 0 Å². The van der Waals surface area contributed by atoms with Crippen LogP contribution in [0.1, 0.15) is 55.1 Å². The van der Waals surface area contributed by atoms with Crippen LogP contribution in [-0.4, -0.2) is 65.9 Å². The number of fused-ring (bicyclic) bond motifs is 21. The molecule has 9 heterocycles. The third-order valence-electron chi connectivity index (χ3n) is 28.2. The molecule has 15 nitrogen and oxygen atoms in total. The summed E-state index contributed by atoms with van der Waals surface area (Å²) in [5.74, 6) is 3.57. The van der Waals surface area contributed by atoms with E-state index < -0.39 is 66.7 Å². The fraction of sp³-hybridized carbons (Fsp3) is 0.0148. The molecule has 0 saturated heterocycles. The molecule has 2 unspecified atom stereocenters. The number of hydrogen-bond donors (Lipinski definition) is 2. The normalized spacial score (nSPS) is 15.0. The average molecular weight is 1940 g/mol. The largest absolute Gasteiger partial charge is 0.330 e. The molecule has 0 radical (unpaired) electrons. The van der Waals surface area contributed by atoms with Gasteiger partial charge in [0.25, 0.3) is 0 Å². The summed E-state index contributed by atoms with van der Waals surface area (Å²) < 4.78 is 143. The maximum absolute atomic E-state index is 9.11. The van der Waals surface area contributed by atoms with Crippen molar-refractivity contribution in [3.63, 3.8) is 0 Å². The SMILES string of the molecule is [2H]c1c([2H])c([2H])c(-n2c3ccccc3c3ccc4c5ccccc5n(-c5nc(-c6ccccc6)nc(-c6cccc(-c7ccccc7)c6)n5)c4c32)c([2H])c1[2H].[2H]c1c([2H])c([2H])c(-n2c3ccccc3c3ccc4c5ccccc5n(C5=NC(c6ccc(-c7ccccc7)cc6)=NC(c6ccccc6)N5)c4c32)c([2H])c1[2H].[2H]c1c([2H])c([2H])c(-n2c3ccccc3c3ccc4c5ccccc5n(C5=NC(c6ccccc6-c6ccccc6)=NC(c6ccccc6)N5)c4c32)c([2H])c1[2H]. The van der Waals surface area contributed by atoms with Crippen LogP contribution in [0.25, 0.3) is 210 Å². The second-order valence-corrected chi connectivity index (χ2v) is 36.8. The predicted octanol–water partition coefficient (Wildman–Crippen LogP) is 32.1. The molecule has 15 heteroatoms. The van der Waals surface area contributed by atoms with Crippen molar-refractivity contribution in [3.8, 4) is 79.2 Å². The number of benzene rings is 21. The van der Waals surface area contributed by atoms with Gasteiger partial charge in [-0.1, -0.05) is 449 Å². The monoisotopic (exact) mass is 1940 g/mol. The fourth-order valence-corrected chi connectivity index (χ4v) is 21.6. The van der Waals surface area contributed by atoms with Gasteiger partial charge in [0, 0.05) is 104 Å². The standard InChI is InChI=1S/C45H29N5.2C45H31N5/c1-4-15-30(16-5-1)32-19-14-20-33(29-32)44-46-43(31-17-6-2-7-18-31)47-45(48-44)50-40-26-13-11-24-36(40)38-28-27-37-35-23-10-12-25-39(35)49(41(37)42(38)50)34-21-8-3-9-22-34;1-4-14-30(15-5-1)31-24-26-33(27-25-31)44-46-43(32-16-6-2-7-17-32)47-45(48-44)50-40-23-13-11-21-36(40)38-29-28-37-35-20-10-12-22-39(35)49(41(37)42(38)50)34-18-8-3-9-19-34;1-4-16-30(17-5-1)33-22-10-11-25-38(33)44-46-43(31-18-6-2-7-19-31)47-45(48-44)50-40-27-15-13-24-35(40)37-29-28-36-34-23-12-14-26-39(34)49(41(36)42(37)50)32-20-8-3-9-21-32/h1-29H;2*1-29,43H,(H,46,47,48)/i3D,8D,9D,21D,22D;3D,8D,9D,18D,19D;3D,8D,9D,20D,21D. The minimum absolute atomic E-state index is 0.0699. The lowest BCUT2D eigenvalue weighted by Gasteiger charge is -2.25. The van der Waals surface area contributed by atoms with E-state index in [-0.39, 0.29) is 53.3 Å². The number of nitrogens with zero attached hydrogens (tertiary/aromatic N) is 13. The van der Waals surface area contributed by atoms with Crippen LogP contribution in [0.2, 0.25) is 0 Å². The van der Waals surface area contributed by atoms with E-state index in [0.717, 1.165) is 176 Å². The summed E-state index contributed by atoms with van der Waals surface area (Å²) in [5, 5.41) is 18.3. The first kappa shape index (κ1) is 72.9. The Morgan fingerprint density at radius 1 is 0.200 bits per heavy atom. The van der Waals surface area contributed by atoms with Crippen LogP contribution < -0.4 is 10.6 Å². The van der Waals surface area contributed by atoms with Crippen LogP contribution in [0.5, 0.6) is 0 Å². The van der Waals surface area contributed by atoms with Crippen molar-refractivity contribution in [3.05, 3.63) is 550 Å². The van der Waals surface area contributed by atoms with Crippen molar-refractivity contribution in [2.75, 3.05) is 0 Å². The Bertz CT molecular complexity index is 11200. The molecule has 30 rings (SSSR count). The molecule has 0 aliphatic carbocycles. The van der Waals surface area contributed by atoms with Gasteiger partial charge < -0.3 is 24.3 Å². The van der Waals surface area contributed by atoms with E-state index in [2.05, 4.69) is 165 Å². The Kier molecular flexibility index (Phi) is 18.1. The van der Waals surface area contributed by atoms with Crippen LogP contribution in [0.4, 0.5) is 0 Å². The Morgan fingerprint density at radius 2 is 0.480 bits per heavy atom. The zero-order chi connectivity index (χ0) is 112. The van der Waals surface area contributed by atoms with Crippen LogP contribution in [0, 0.1) is 0 Å². The third kappa shape index (κ3) is 15.2. The van der Waals surface area contributed by atoms with Crippen LogP contribution in [0.3, 0.4) is 0 Å². The molecular formula is C135H91N15. The average Bonchev–Trinajstić information content (AvgIpc) is 1.54. The Labute approximate surface area is 884 Å². The molecule has 21 aromatic carbocycles. The number of nitrogens with one attached hydrogen (secondary N) is 2. The second kappa shape index (κ2) is 37.2. The summed E-state index contributed by atoms with van der Waals surface area (Å²) in [6.45, 7) is 0. The van der Waals surface area contributed by atoms with Crippen LogP contribution in [0.15, 0.2) is 547 Å². The van der Waals surface area contributed by atoms with E-state index in [9.17, 15) is 0 Å². The van der Waals surface area contributed by atoms with Crippen molar-refractivity contribution in [2.24, 2.45) is 20.0 Å². The lowest BCUT2D eigenvalue weighted by atomic mass is 9.99. The second-order valence-electron chi connectivity index (χ2n) is 36.8. The molecule has 28 aromatic rings. The molecule has 0 saturated carbocycles.